The van der Waals surface area contributed by atoms with Crippen LogP contribution >= 0.6 is 23.5 Å². The molecule has 0 bridgehead atoms. The van der Waals surface area contributed by atoms with E-state index in [4.69, 9.17) is 9.31 Å². The van der Waals surface area contributed by atoms with Gasteiger partial charge in [-0.25, -0.2) is 0 Å². The van der Waals surface area contributed by atoms with E-state index in [0.29, 0.717) is 10.4 Å². The second-order valence-corrected chi connectivity index (χ2v) is 9.89. The van der Waals surface area contributed by atoms with Crippen LogP contribution in [0.5, 0.6) is 0 Å². The molecule has 120 valence electrons. The quantitative estimate of drug-likeness (QED) is 0.754. The zero-order chi connectivity index (χ0) is 15.8. The Labute approximate surface area is 143 Å². The minimum absolute atomic E-state index is 0.117. The number of hydrogen-bond donors (Lipinski definition) is 0. The maximum atomic E-state index is 6.36. The molecule has 0 saturated carbocycles. The molecule has 2 saturated heterocycles. The average Bonchev–Trinajstić information content (AvgIpc) is 3.04. The molecular weight excluding hydrogens is 311 g/mol. The Balaban J connectivity index is 1.80. The topological polar surface area (TPSA) is 18.5 Å². The molecule has 3 rings (SSSR count). The van der Waals surface area contributed by atoms with Gasteiger partial charge in [0, 0.05) is 17.3 Å². The van der Waals surface area contributed by atoms with Gasteiger partial charge in [-0.15, -0.1) is 23.5 Å². The first-order valence-electron chi connectivity index (χ1n) is 8.02. The Morgan fingerprint density at radius 2 is 1.59 bits per heavy atom. The lowest BCUT2D eigenvalue weighted by atomic mass is 9.69. The monoisotopic (exact) mass is 336 g/mol. The van der Waals surface area contributed by atoms with Crippen LogP contribution in [0, 0.1) is 0 Å². The van der Waals surface area contributed by atoms with Crippen LogP contribution < -0.4 is 0 Å². The lowest BCUT2D eigenvalue weighted by Crippen LogP contribution is -2.41. The smallest absolute Gasteiger partial charge is 0.403 e. The number of rotatable bonds is 4. The first-order chi connectivity index (χ1) is 10.4. The largest absolute Gasteiger partial charge is 0.463 e. The maximum Gasteiger partial charge on any atom is 0.463 e. The Morgan fingerprint density at radius 1 is 1.05 bits per heavy atom. The molecule has 0 aromatic heterocycles. The minimum Gasteiger partial charge on any atom is -0.403 e. The fourth-order valence-corrected chi connectivity index (χ4v) is 6.03. The summed E-state index contributed by atoms with van der Waals surface area (Å²) in [6, 6.07) is 10.7. The van der Waals surface area contributed by atoms with Crippen LogP contribution in [0.2, 0.25) is 5.82 Å². The molecule has 0 N–H and O–H groups in total. The molecular formula is C17H25BO2S2. The van der Waals surface area contributed by atoms with Crippen molar-refractivity contribution in [2.24, 2.45) is 0 Å². The van der Waals surface area contributed by atoms with E-state index in [1.165, 1.54) is 17.1 Å². The maximum absolute atomic E-state index is 6.36. The molecule has 2 aliphatic heterocycles. The third-order valence-corrected chi connectivity index (χ3v) is 8.24. The highest BCUT2D eigenvalue weighted by Gasteiger charge is 2.55. The zero-order valence-electron chi connectivity index (χ0n) is 13.9. The van der Waals surface area contributed by atoms with Crippen molar-refractivity contribution in [3.63, 3.8) is 0 Å². The Bertz CT molecular complexity index is 485. The highest BCUT2D eigenvalue weighted by atomic mass is 32.2. The molecule has 2 heterocycles. The Hall–Kier alpha value is -0.0951. The molecule has 1 atom stereocenters. The molecule has 0 aliphatic carbocycles. The predicted molar refractivity (Wildman–Crippen MR) is 98.7 cm³/mol. The van der Waals surface area contributed by atoms with Crippen molar-refractivity contribution in [1.29, 1.82) is 0 Å². The van der Waals surface area contributed by atoms with E-state index in [1.807, 2.05) is 0 Å². The standard InChI is InChI=1S/C17H25BO2S2/c1-16(2)17(3,4)20-18(19-16)14(15-21-10-11-22-15)12-13-8-6-5-7-9-13/h5-9,14-15H,10-12H2,1-4H3. The molecule has 5 heteroatoms. The second-order valence-electron chi connectivity index (χ2n) is 7.09. The molecule has 0 radical (unpaired) electrons. The van der Waals surface area contributed by atoms with Gasteiger partial charge in [-0.2, -0.15) is 0 Å². The SMILES string of the molecule is CC1(C)OB(C(Cc2ccccc2)C2SCCS2)OC1(C)C. The van der Waals surface area contributed by atoms with Gasteiger partial charge in [0.1, 0.15) is 0 Å². The van der Waals surface area contributed by atoms with E-state index in [0.717, 1.165) is 6.42 Å². The van der Waals surface area contributed by atoms with Crippen LogP contribution in [-0.2, 0) is 15.7 Å². The molecule has 0 amide bonds. The summed E-state index contributed by atoms with van der Waals surface area (Å²) in [6.07, 6.45) is 1.02. The van der Waals surface area contributed by atoms with Gasteiger partial charge in [-0.05, 0) is 39.7 Å². The summed E-state index contributed by atoms with van der Waals surface area (Å²) < 4.78 is 13.3. The summed E-state index contributed by atoms with van der Waals surface area (Å²) in [5.74, 6) is 2.86. The van der Waals surface area contributed by atoms with Crippen molar-refractivity contribution in [1.82, 2.24) is 0 Å². The lowest BCUT2D eigenvalue weighted by Gasteiger charge is -2.32. The predicted octanol–water partition coefficient (Wildman–Crippen LogP) is 4.50. The first-order valence-corrected chi connectivity index (χ1v) is 10.1. The normalized spacial score (nSPS) is 25.5. The van der Waals surface area contributed by atoms with Crippen molar-refractivity contribution in [2.45, 2.75) is 55.7 Å². The summed E-state index contributed by atoms with van der Waals surface area (Å²) in [6.45, 7) is 8.56. The van der Waals surface area contributed by atoms with Gasteiger partial charge < -0.3 is 9.31 Å². The average molecular weight is 336 g/mol. The molecule has 2 fully saturated rings. The number of thioether (sulfide) groups is 2. The Kier molecular flexibility index (Phi) is 4.89. The van der Waals surface area contributed by atoms with Crippen LogP contribution in [0.1, 0.15) is 33.3 Å². The number of benzene rings is 1. The van der Waals surface area contributed by atoms with Crippen LogP contribution in [0.3, 0.4) is 0 Å². The van der Waals surface area contributed by atoms with Crippen molar-refractivity contribution in [2.75, 3.05) is 11.5 Å². The lowest BCUT2D eigenvalue weighted by molar-refractivity contribution is 0.00578. The Morgan fingerprint density at radius 3 is 2.14 bits per heavy atom. The van der Waals surface area contributed by atoms with E-state index in [1.54, 1.807) is 0 Å². The van der Waals surface area contributed by atoms with Gasteiger partial charge in [0.15, 0.2) is 0 Å². The summed E-state index contributed by atoms with van der Waals surface area (Å²) in [5.41, 5.74) is 0.872. The van der Waals surface area contributed by atoms with Gasteiger partial charge in [0.2, 0.25) is 0 Å². The molecule has 2 aliphatic rings. The molecule has 1 aromatic carbocycles. The second kappa shape index (κ2) is 6.42. The van der Waals surface area contributed by atoms with Crippen molar-refractivity contribution >= 4 is 30.6 Å². The first kappa shape index (κ1) is 16.8. The van der Waals surface area contributed by atoms with Gasteiger partial charge in [0.25, 0.3) is 0 Å². The van der Waals surface area contributed by atoms with Crippen molar-refractivity contribution < 1.29 is 9.31 Å². The fraction of sp³-hybridized carbons (Fsp3) is 0.647. The number of hydrogen-bond acceptors (Lipinski definition) is 4. The molecule has 22 heavy (non-hydrogen) atoms. The van der Waals surface area contributed by atoms with Gasteiger partial charge in [-0.3, -0.25) is 0 Å². The fourth-order valence-electron chi connectivity index (χ4n) is 2.89. The van der Waals surface area contributed by atoms with Gasteiger partial charge >= 0.3 is 7.12 Å². The summed E-state index contributed by atoms with van der Waals surface area (Å²) in [4.78, 5) is 0. The molecule has 0 spiro atoms. The van der Waals surface area contributed by atoms with Crippen LogP contribution in [0.4, 0.5) is 0 Å². The van der Waals surface area contributed by atoms with Crippen molar-refractivity contribution in [3.05, 3.63) is 35.9 Å². The molecule has 1 aromatic rings. The van der Waals surface area contributed by atoms with Crippen LogP contribution in [0.15, 0.2) is 30.3 Å². The zero-order valence-corrected chi connectivity index (χ0v) is 15.5. The van der Waals surface area contributed by atoms with Crippen molar-refractivity contribution in [3.8, 4) is 0 Å². The van der Waals surface area contributed by atoms with Gasteiger partial charge in [-0.1, -0.05) is 30.3 Å². The van der Waals surface area contributed by atoms with Crippen LogP contribution in [-0.4, -0.2) is 34.4 Å². The van der Waals surface area contributed by atoms with E-state index in [-0.39, 0.29) is 18.3 Å². The highest BCUT2D eigenvalue weighted by molar-refractivity contribution is 8.20. The van der Waals surface area contributed by atoms with E-state index in [2.05, 4.69) is 81.6 Å². The van der Waals surface area contributed by atoms with E-state index >= 15 is 0 Å². The molecule has 1 unspecified atom stereocenters. The summed E-state index contributed by atoms with van der Waals surface area (Å²) in [7, 11) is -0.117. The van der Waals surface area contributed by atoms with Gasteiger partial charge in [0.05, 0.1) is 15.8 Å². The third kappa shape index (κ3) is 3.38. The molecule has 2 nitrogen and oxygen atoms in total. The van der Waals surface area contributed by atoms with E-state index in [9.17, 15) is 0 Å². The minimum atomic E-state index is -0.249. The van der Waals surface area contributed by atoms with Crippen LogP contribution in [0.25, 0.3) is 0 Å². The highest BCUT2D eigenvalue weighted by Crippen LogP contribution is 2.48. The summed E-state index contributed by atoms with van der Waals surface area (Å²) >= 11 is 4.12. The summed E-state index contributed by atoms with van der Waals surface area (Å²) in [5, 5.41) is 0. The van der Waals surface area contributed by atoms with E-state index < -0.39 is 0 Å². The third-order valence-electron chi connectivity index (χ3n) is 4.93.